The summed E-state index contributed by atoms with van der Waals surface area (Å²) in [6, 6.07) is 0.109. The van der Waals surface area contributed by atoms with Crippen molar-refractivity contribution in [1.82, 2.24) is 4.98 Å². The molecule has 1 saturated carbocycles. The summed E-state index contributed by atoms with van der Waals surface area (Å²) in [4.78, 5) is 3.75. The molecule has 1 heterocycles. The van der Waals surface area contributed by atoms with Crippen LogP contribution in [0.25, 0.3) is 0 Å². The van der Waals surface area contributed by atoms with Crippen LogP contribution in [0.1, 0.15) is 37.4 Å². The van der Waals surface area contributed by atoms with Crippen LogP contribution in [0, 0.1) is 0 Å². The number of anilines is 1. The van der Waals surface area contributed by atoms with Gasteiger partial charge in [0.25, 0.3) is 6.01 Å². The van der Waals surface area contributed by atoms with Gasteiger partial charge in [-0.25, -0.2) is 13.8 Å². The van der Waals surface area contributed by atoms with E-state index in [9.17, 15) is 8.78 Å². The van der Waals surface area contributed by atoms with Gasteiger partial charge in [-0.3, -0.25) is 0 Å². The summed E-state index contributed by atoms with van der Waals surface area (Å²) in [5, 5.41) is 0. The fraction of sp³-hybridized carbons (Fsp3) is 0.667. The van der Waals surface area contributed by atoms with Crippen LogP contribution < -0.4 is 5.73 Å². The van der Waals surface area contributed by atoms with Crippen molar-refractivity contribution >= 4 is 6.01 Å². The van der Waals surface area contributed by atoms with Gasteiger partial charge in [-0.05, 0) is 12.8 Å². The Morgan fingerprint density at radius 2 is 2.07 bits per heavy atom. The second kappa shape index (κ2) is 3.22. The number of nitrogens with zero attached hydrogens (tertiary/aromatic N) is 1. The third-order valence-electron chi connectivity index (χ3n) is 2.66. The number of nitrogen functional groups attached to an aromatic ring is 1. The van der Waals surface area contributed by atoms with Gasteiger partial charge in [0.15, 0.2) is 0 Å². The first-order chi connectivity index (χ1) is 6.57. The molecule has 1 aromatic rings. The van der Waals surface area contributed by atoms with E-state index in [0.717, 1.165) is 0 Å². The fourth-order valence-electron chi connectivity index (χ4n) is 1.81. The Balaban J connectivity index is 2.02. The molecule has 0 aliphatic heterocycles. The molecule has 78 valence electrons. The summed E-state index contributed by atoms with van der Waals surface area (Å²) in [7, 11) is 0. The Hall–Kier alpha value is -1.13. The first-order valence-corrected chi connectivity index (χ1v) is 4.66. The van der Waals surface area contributed by atoms with E-state index in [2.05, 4.69) is 4.98 Å². The SMILES string of the molecule is Nc1ncc(C2CCC(F)(F)CC2)o1. The van der Waals surface area contributed by atoms with Crippen molar-refractivity contribution in [3.8, 4) is 0 Å². The van der Waals surface area contributed by atoms with E-state index in [-0.39, 0.29) is 24.8 Å². The van der Waals surface area contributed by atoms with Crippen molar-refractivity contribution in [2.75, 3.05) is 5.73 Å². The number of alkyl halides is 2. The highest BCUT2D eigenvalue weighted by atomic mass is 19.3. The zero-order valence-corrected chi connectivity index (χ0v) is 7.67. The molecule has 0 radical (unpaired) electrons. The van der Waals surface area contributed by atoms with Crippen molar-refractivity contribution in [1.29, 1.82) is 0 Å². The monoisotopic (exact) mass is 202 g/mol. The third kappa shape index (κ3) is 1.86. The maximum atomic E-state index is 12.8. The predicted molar refractivity (Wildman–Crippen MR) is 47.1 cm³/mol. The highest BCUT2D eigenvalue weighted by Crippen LogP contribution is 2.40. The van der Waals surface area contributed by atoms with Gasteiger partial charge in [-0.15, -0.1) is 0 Å². The molecule has 1 aliphatic rings. The van der Waals surface area contributed by atoms with Crippen LogP contribution in [0.4, 0.5) is 14.8 Å². The van der Waals surface area contributed by atoms with E-state index >= 15 is 0 Å². The van der Waals surface area contributed by atoms with Gasteiger partial charge >= 0.3 is 0 Å². The molecule has 0 amide bonds. The number of halogens is 2. The second-order valence-electron chi connectivity index (χ2n) is 3.73. The first-order valence-electron chi connectivity index (χ1n) is 4.66. The Bertz CT molecular complexity index is 314. The molecule has 0 unspecified atom stereocenters. The van der Waals surface area contributed by atoms with Gasteiger partial charge in [0.05, 0.1) is 6.20 Å². The summed E-state index contributed by atoms with van der Waals surface area (Å²) in [6.45, 7) is 0. The lowest BCUT2D eigenvalue weighted by molar-refractivity contribution is -0.0394. The minimum Gasteiger partial charge on any atom is -0.429 e. The topological polar surface area (TPSA) is 52.0 Å². The maximum Gasteiger partial charge on any atom is 0.292 e. The molecular formula is C9H12F2N2O. The number of rotatable bonds is 1. The number of hydrogen-bond donors (Lipinski definition) is 1. The van der Waals surface area contributed by atoms with Gasteiger partial charge in [-0.2, -0.15) is 0 Å². The predicted octanol–water partition coefficient (Wildman–Crippen LogP) is 2.55. The lowest BCUT2D eigenvalue weighted by atomic mass is 9.85. The normalized spacial score (nSPS) is 22.4. The Kier molecular flexibility index (Phi) is 2.17. The van der Waals surface area contributed by atoms with Crippen LogP contribution in [-0.2, 0) is 0 Å². The second-order valence-corrected chi connectivity index (χ2v) is 3.73. The molecule has 0 atom stereocenters. The van der Waals surface area contributed by atoms with Crippen LogP contribution in [0.2, 0.25) is 0 Å². The zero-order chi connectivity index (χ0) is 10.2. The van der Waals surface area contributed by atoms with Crippen molar-refractivity contribution < 1.29 is 13.2 Å². The van der Waals surface area contributed by atoms with Crippen molar-refractivity contribution in [2.45, 2.75) is 37.5 Å². The molecule has 1 aliphatic carbocycles. The lowest BCUT2D eigenvalue weighted by Crippen LogP contribution is -2.23. The van der Waals surface area contributed by atoms with E-state index in [0.29, 0.717) is 18.6 Å². The molecule has 2 N–H and O–H groups in total. The molecule has 0 bridgehead atoms. The van der Waals surface area contributed by atoms with Crippen LogP contribution in [0.5, 0.6) is 0 Å². The van der Waals surface area contributed by atoms with Gasteiger partial charge in [0, 0.05) is 18.8 Å². The Morgan fingerprint density at radius 1 is 1.43 bits per heavy atom. The maximum absolute atomic E-state index is 12.8. The van der Waals surface area contributed by atoms with Crippen LogP contribution in [0.3, 0.4) is 0 Å². The highest BCUT2D eigenvalue weighted by Gasteiger charge is 2.36. The highest BCUT2D eigenvalue weighted by molar-refractivity contribution is 5.14. The van der Waals surface area contributed by atoms with E-state index in [1.165, 1.54) is 6.20 Å². The third-order valence-corrected chi connectivity index (χ3v) is 2.66. The molecule has 0 spiro atoms. The van der Waals surface area contributed by atoms with E-state index < -0.39 is 5.92 Å². The number of oxazole rings is 1. The minimum atomic E-state index is -2.50. The fourth-order valence-corrected chi connectivity index (χ4v) is 1.81. The van der Waals surface area contributed by atoms with Gasteiger partial charge in [-0.1, -0.05) is 0 Å². The Labute approximate surface area is 80.3 Å². The molecule has 14 heavy (non-hydrogen) atoms. The molecule has 1 fully saturated rings. The van der Waals surface area contributed by atoms with Crippen molar-refractivity contribution in [2.24, 2.45) is 0 Å². The summed E-state index contributed by atoms with van der Waals surface area (Å²) in [5.74, 6) is -1.81. The molecule has 0 aromatic carbocycles. The zero-order valence-electron chi connectivity index (χ0n) is 7.67. The van der Waals surface area contributed by atoms with Crippen molar-refractivity contribution in [3.05, 3.63) is 12.0 Å². The van der Waals surface area contributed by atoms with Gasteiger partial charge in [0.1, 0.15) is 5.76 Å². The summed E-state index contributed by atoms with van der Waals surface area (Å²) >= 11 is 0. The minimum absolute atomic E-state index is 0.0550. The standard InChI is InChI=1S/C9H12F2N2O/c10-9(11)3-1-6(2-4-9)7-5-13-8(12)14-7/h5-6H,1-4H2,(H2,12,13). The van der Waals surface area contributed by atoms with Crippen molar-refractivity contribution in [3.63, 3.8) is 0 Å². The molecule has 2 rings (SSSR count). The smallest absolute Gasteiger partial charge is 0.292 e. The number of hydrogen-bond acceptors (Lipinski definition) is 3. The molecule has 0 saturated heterocycles. The van der Waals surface area contributed by atoms with E-state index in [1.54, 1.807) is 0 Å². The van der Waals surface area contributed by atoms with Crippen LogP contribution in [-0.4, -0.2) is 10.9 Å². The van der Waals surface area contributed by atoms with E-state index in [1.807, 2.05) is 0 Å². The van der Waals surface area contributed by atoms with Crippen LogP contribution >= 0.6 is 0 Å². The number of nitrogens with two attached hydrogens (primary N) is 1. The first kappa shape index (κ1) is 9.43. The summed E-state index contributed by atoms with van der Waals surface area (Å²) < 4.78 is 30.8. The Morgan fingerprint density at radius 3 is 2.57 bits per heavy atom. The largest absolute Gasteiger partial charge is 0.429 e. The van der Waals surface area contributed by atoms with Crippen LogP contribution in [0.15, 0.2) is 10.6 Å². The summed E-state index contributed by atoms with van der Waals surface area (Å²) in [5.41, 5.74) is 5.31. The van der Waals surface area contributed by atoms with E-state index in [4.69, 9.17) is 10.2 Å². The van der Waals surface area contributed by atoms with Gasteiger partial charge in [0.2, 0.25) is 5.92 Å². The molecule has 3 nitrogen and oxygen atoms in total. The molecule has 1 aromatic heterocycles. The molecule has 5 heteroatoms. The summed E-state index contributed by atoms with van der Waals surface area (Å²) in [6.07, 6.45) is 2.28. The molecular weight excluding hydrogens is 190 g/mol. The average molecular weight is 202 g/mol. The van der Waals surface area contributed by atoms with Gasteiger partial charge < -0.3 is 10.2 Å². The lowest BCUT2D eigenvalue weighted by Gasteiger charge is -2.26. The average Bonchev–Trinajstić information content (AvgIpc) is 2.52. The quantitative estimate of drug-likeness (QED) is 0.761. The number of aromatic nitrogens is 1.